The van der Waals surface area contributed by atoms with E-state index in [-0.39, 0.29) is 0 Å². The van der Waals surface area contributed by atoms with Gasteiger partial charge in [0.1, 0.15) is 4.08 Å². The molecule has 0 rings (SSSR count). The van der Waals surface area contributed by atoms with E-state index in [1.807, 2.05) is 0 Å². The van der Waals surface area contributed by atoms with Crippen LogP contribution in [0.15, 0.2) is 0 Å². The number of alkyl halides is 7. The number of Topliss-reactive ketones (excluding diaryl/α,β-unsaturated/α-hetero) is 2. The highest BCUT2D eigenvalue weighted by Gasteiger charge is 2.75. The zero-order valence-electron chi connectivity index (χ0n) is 9.06. The fourth-order valence-electron chi connectivity index (χ4n) is 0.777. The number of thiol groups is 2. The minimum absolute atomic E-state index is 0.939. The Balaban J connectivity index is 5.25. The van der Waals surface area contributed by atoms with Gasteiger partial charge in [0.2, 0.25) is 5.78 Å². The average Bonchev–Trinajstić information content (AvgIpc) is 2.13. The van der Waals surface area contributed by atoms with Gasteiger partial charge in [0, 0.05) is 0 Å². The largest absolute Gasteiger partial charge is 0.460 e. The second-order valence-corrected chi connectivity index (χ2v) is 5.83. The molecule has 0 saturated heterocycles. The molecule has 0 heterocycles. The predicted molar refractivity (Wildman–Crippen MR) is 57.0 cm³/mol. The van der Waals surface area contributed by atoms with Gasteiger partial charge in [-0.1, -0.05) is 0 Å². The lowest BCUT2D eigenvalue weighted by molar-refractivity contribution is -0.343. The molecule has 0 unspecified atom stereocenters. The summed E-state index contributed by atoms with van der Waals surface area (Å²) in [5.74, 6) is -16.9. The van der Waals surface area contributed by atoms with Crippen molar-refractivity contribution in [2.75, 3.05) is 0 Å². The average molecular weight is 332 g/mol. The van der Waals surface area contributed by atoms with Crippen molar-refractivity contribution in [1.29, 1.82) is 0 Å². The van der Waals surface area contributed by atoms with E-state index in [0.29, 0.717) is 0 Å². The standard InChI is InChI=1S/C8H7F7O2S2/c1-5(18,19)3(16)2-4(17)6(9,10)7(11,12)8(13,14)15/h18-19H,2H2,1H3. The lowest BCUT2D eigenvalue weighted by Gasteiger charge is -2.27. The van der Waals surface area contributed by atoms with Crippen LogP contribution in [0.4, 0.5) is 30.7 Å². The lowest BCUT2D eigenvalue weighted by Crippen LogP contribution is -2.56. The number of carbonyl (C=O) groups excluding carboxylic acids is 2. The SMILES string of the molecule is CC(S)(S)C(=O)CC(=O)C(F)(F)C(F)(F)C(F)(F)F. The Morgan fingerprint density at radius 1 is 0.895 bits per heavy atom. The molecule has 0 aromatic carbocycles. The van der Waals surface area contributed by atoms with E-state index >= 15 is 0 Å². The quantitative estimate of drug-likeness (QED) is 0.351. The molecular formula is C8H7F7O2S2. The molecule has 0 aliphatic rings. The van der Waals surface area contributed by atoms with Crippen LogP contribution < -0.4 is 0 Å². The van der Waals surface area contributed by atoms with Crippen molar-refractivity contribution < 1.29 is 40.3 Å². The molecule has 0 saturated carbocycles. The van der Waals surface area contributed by atoms with Crippen LogP contribution in [0.3, 0.4) is 0 Å². The molecule has 11 heteroatoms. The summed E-state index contributed by atoms with van der Waals surface area (Å²) in [6.07, 6.45) is -8.47. The van der Waals surface area contributed by atoms with Gasteiger partial charge >= 0.3 is 18.0 Å². The molecule has 0 aromatic heterocycles. The summed E-state index contributed by atoms with van der Waals surface area (Å²) >= 11 is 6.91. The molecule has 19 heavy (non-hydrogen) atoms. The fourth-order valence-corrected chi connectivity index (χ4v) is 0.936. The molecule has 2 nitrogen and oxygen atoms in total. The number of hydrogen-bond donors (Lipinski definition) is 2. The highest BCUT2D eigenvalue weighted by Crippen LogP contribution is 2.47. The summed E-state index contributed by atoms with van der Waals surface area (Å²) in [5.41, 5.74) is 0. The van der Waals surface area contributed by atoms with Crippen LogP contribution in [0, 0.1) is 0 Å². The van der Waals surface area contributed by atoms with Gasteiger partial charge in [-0.05, 0) is 6.92 Å². The molecule has 0 aliphatic heterocycles. The van der Waals surface area contributed by atoms with Crippen molar-refractivity contribution in [2.45, 2.75) is 35.4 Å². The first kappa shape index (κ1) is 18.6. The molecule has 0 amide bonds. The van der Waals surface area contributed by atoms with Gasteiger partial charge in [-0.15, -0.1) is 0 Å². The van der Waals surface area contributed by atoms with Crippen molar-refractivity contribution in [3.63, 3.8) is 0 Å². The van der Waals surface area contributed by atoms with Gasteiger partial charge in [0.15, 0.2) is 5.78 Å². The monoisotopic (exact) mass is 332 g/mol. The molecule has 112 valence electrons. The van der Waals surface area contributed by atoms with Crippen LogP contribution >= 0.6 is 25.3 Å². The number of hydrogen-bond acceptors (Lipinski definition) is 4. The van der Waals surface area contributed by atoms with Crippen LogP contribution in [-0.2, 0) is 9.59 Å². The summed E-state index contributed by atoms with van der Waals surface area (Å²) in [6.45, 7) is 0.939. The highest BCUT2D eigenvalue weighted by atomic mass is 32.2. The molecule has 0 aromatic rings. The van der Waals surface area contributed by atoms with E-state index < -0.39 is 40.1 Å². The van der Waals surface area contributed by atoms with Crippen LogP contribution in [0.25, 0.3) is 0 Å². The van der Waals surface area contributed by atoms with Gasteiger partial charge in [-0.25, -0.2) is 0 Å². The fraction of sp³-hybridized carbons (Fsp3) is 0.750. The minimum atomic E-state index is -6.62. The summed E-state index contributed by atoms with van der Waals surface area (Å²) in [5, 5.41) is 0. The summed E-state index contributed by atoms with van der Waals surface area (Å²) in [7, 11) is 0. The maximum atomic E-state index is 12.8. The Labute approximate surface area is 113 Å². The Hall–Kier alpha value is -0.450. The van der Waals surface area contributed by atoms with Crippen LogP contribution in [0.1, 0.15) is 13.3 Å². The van der Waals surface area contributed by atoms with Gasteiger partial charge in [-0.2, -0.15) is 56.0 Å². The van der Waals surface area contributed by atoms with Crippen molar-refractivity contribution in [3.8, 4) is 0 Å². The van der Waals surface area contributed by atoms with Crippen LogP contribution in [-0.4, -0.2) is 33.7 Å². The Morgan fingerprint density at radius 3 is 1.53 bits per heavy atom. The number of carbonyl (C=O) groups is 2. The summed E-state index contributed by atoms with van der Waals surface area (Å²) < 4.78 is 83.9. The Bertz CT molecular complexity index is 384. The summed E-state index contributed by atoms with van der Waals surface area (Å²) in [4.78, 5) is 21.9. The zero-order valence-corrected chi connectivity index (χ0v) is 10.9. The normalized spacial score (nSPS) is 14.4. The van der Waals surface area contributed by atoms with Crippen molar-refractivity contribution in [3.05, 3.63) is 0 Å². The first-order valence-electron chi connectivity index (χ1n) is 4.39. The number of rotatable bonds is 5. The van der Waals surface area contributed by atoms with Gasteiger partial charge < -0.3 is 0 Å². The van der Waals surface area contributed by atoms with E-state index in [2.05, 4.69) is 25.3 Å². The van der Waals surface area contributed by atoms with Crippen LogP contribution in [0.5, 0.6) is 0 Å². The molecule has 0 N–H and O–H groups in total. The lowest BCUT2D eigenvalue weighted by atomic mass is 10.0. The van der Waals surface area contributed by atoms with Crippen molar-refractivity contribution in [2.24, 2.45) is 0 Å². The van der Waals surface area contributed by atoms with E-state index in [1.165, 1.54) is 0 Å². The number of halogens is 7. The highest BCUT2D eigenvalue weighted by molar-refractivity contribution is 8.01. The topological polar surface area (TPSA) is 34.1 Å². The van der Waals surface area contributed by atoms with E-state index in [9.17, 15) is 40.3 Å². The van der Waals surface area contributed by atoms with E-state index in [0.717, 1.165) is 6.92 Å². The van der Waals surface area contributed by atoms with E-state index in [4.69, 9.17) is 0 Å². The zero-order chi connectivity index (χ0) is 15.9. The molecule has 0 spiro atoms. The smallest absolute Gasteiger partial charge is 0.297 e. The summed E-state index contributed by atoms with van der Waals surface area (Å²) in [6, 6.07) is 0. The second-order valence-electron chi connectivity index (χ2n) is 3.69. The Kier molecular flexibility index (Phi) is 5.03. The third-order valence-corrected chi connectivity index (χ3v) is 2.45. The maximum absolute atomic E-state index is 12.8. The molecule has 0 fully saturated rings. The van der Waals surface area contributed by atoms with Gasteiger partial charge in [-0.3, -0.25) is 9.59 Å². The second kappa shape index (κ2) is 5.15. The third kappa shape index (κ3) is 3.77. The Morgan fingerprint density at radius 2 is 1.26 bits per heavy atom. The molecule has 0 bridgehead atoms. The molecule has 0 atom stereocenters. The van der Waals surface area contributed by atoms with Gasteiger partial charge in [0.25, 0.3) is 0 Å². The van der Waals surface area contributed by atoms with Crippen LogP contribution in [0.2, 0.25) is 0 Å². The third-order valence-electron chi connectivity index (χ3n) is 1.95. The predicted octanol–water partition coefficient (Wildman–Crippen LogP) is 2.92. The first-order chi connectivity index (χ1) is 8.05. The van der Waals surface area contributed by atoms with Crippen molar-refractivity contribution in [1.82, 2.24) is 0 Å². The minimum Gasteiger partial charge on any atom is -0.297 e. The van der Waals surface area contributed by atoms with E-state index in [1.54, 1.807) is 0 Å². The van der Waals surface area contributed by atoms with Gasteiger partial charge in [0.05, 0.1) is 6.42 Å². The molecule has 0 aliphatic carbocycles. The maximum Gasteiger partial charge on any atom is 0.460 e. The van der Waals surface area contributed by atoms with Crippen molar-refractivity contribution >= 4 is 36.8 Å². The first-order valence-corrected chi connectivity index (χ1v) is 5.28. The molecule has 0 radical (unpaired) electrons. The molecular weight excluding hydrogens is 325 g/mol. The number of ketones is 2.